The first-order chi connectivity index (χ1) is 11.4. The molecule has 3 nitrogen and oxygen atoms in total. The number of rotatable bonds is 2. The minimum absolute atomic E-state index is 0.107. The van der Waals surface area contributed by atoms with Crippen LogP contribution in [-0.4, -0.2) is 10.1 Å². The number of anilines is 1. The lowest BCUT2D eigenvalue weighted by Crippen LogP contribution is -2.07. The van der Waals surface area contributed by atoms with E-state index in [1.54, 1.807) is 6.07 Å². The first kappa shape index (κ1) is 19.8. The molecule has 1 aromatic heterocycles. The van der Waals surface area contributed by atoms with Crippen LogP contribution in [0.1, 0.15) is 11.1 Å². The molecule has 0 amide bonds. The summed E-state index contributed by atoms with van der Waals surface area (Å²) in [5.74, 6) is -0.479. The zero-order valence-electron chi connectivity index (χ0n) is 11.6. The van der Waals surface area contributed by atoms with Crippen LogP contribution in [0.4, 0.5) is 32.2 Å². The topological polar surface area (TPSA) is 54.7 Å². The normalized spacial score (nSPS) is 12.3. The Hall–Kier alpha value is -1.51. The van der Waals surface area contributed by atoms with Crippen molar-refractivity contribution in [3.8, 4) is 11.8 Å². The van der Waals surface area contributed by atoms with E-state index in [0.717, 1.165) is 10.6 Å². The van der Waals surface area contributed by atoms with Crippen molar-refractivity contribution in [3.63, 3.8) is 0 Å². The van der Waals surface area contributed by atoms with Crippen molar-refractivity contribution < 1.29 is 26.3 Å². The van der Waals surface area contributed by atoms with Crippen LogP contribution in [0.15, 0.2) is 27.7 Å². The standard InChI is InChI=1S/C13H5BrClF6N3S/c14-10-6(4-22)9(25-13(19,20)21)11(23)24(10)8-2-1-5(3-7(8)15)12(16,17)18/h1-3H,23H2. The monoisotopic (exact) mass is 463 g/mol. The SMILES string of the molecule is N#Cc1c(SC(F)(F)F)c(N)n(-c2ccc(C(F)(F)F)cc2Cl)c1Br. The maximum absolute atomic E-state index is 12.7. The van der Waals surface area contributed by atoms with Crippen LogP contribution >= 0.6 is 39.3 Å². The number of aromatic nitrogens is 1. The van der Waals surface area contributed by atoms with E-state index in [1.165, 1.54) is 0 Å². The minimum atomic E-state index is -4.71. The van der Waals surface area contributed by atoms with E-state index in [4.69, 9.17) is 22.6 Å². The lowest BCUT2D eigenvalue weighted by molar-refractivity contribution is -0.137. The van der Waals surface area contributed by atoms with Crippen LogP contribution in [0.25, 0.3) is 5.69 Å². The predicted octanol–water partition coefficient (Wildman–Crippen LogP) is 5.98. The molecule has 0 atom stereocenters. The zero-order valence-corrected chi connectivity index (χ0v) is 14.8. The third-order valence-corrected chi connectivity index (χ3v) is 4.85. The molecular formula is C13H5BrClF6N3S. The zero-order chi connectivity index (χ0) is 19.2. The number of nitrogens with two attached hydrogens (primary N) is 1. The van der Waals surface area contributed by atoms with E-state index in [1.807, 2.05) is 0 Å². The van der Waals surface area contributed by atoms with Gasteiger partial charge in [0.2, 0.25) is 0 Å². The molecule has 0 aliphatic carbocycles. The molecule has 1 aromatic carbocycles. The maximum Gasteiger partial charge on any atom is 0.446 e. The van der Waals surface area contributed by atoms with Gasteiger partial charge < -0.3 is 5.73 Å². The first-order valence-electron chi connectivity index (χ1n) is 6.09. The van der Waals surface area contributed by atoms with Gasteiger partial charge in [0, 0.05) is 0 Å². The maximum atomic E-state index is 12.7. The largest absolute Gasteiger partial charge is 0.446 e. The molecule has 2 rings (SSSR count). The summed E-state index contributed by atoms with van der Waals surface area (Å²) < 4.78 is 76.9. The molecule has 2 aromatic rings. The number of nitriles is 1. The van der Waals surface area contributed by atoms with E-state index in [0.29, 0.717) is 12.1 Å². The fourth-order valence-electron chi connectivity index (χ4n) is 1.96. The number of thioether (sulfide) groups is 1. The molecule has 134 valence electrons. The minimum Gasteiger partial charge on any atom is -0.384 e. The molecule has 0 spiro atoms. The molecule has 0 unspecified atom stereocenters. The van der Waals surface area contributed by atoms with Crippen LogP contribution in [0.5, 0.6) is 0 Å². The van der Waals surface area contributed by atoms with Crippen LogP contribution in [0.2, 0.25) is 5.02 Å². The highest BCUT2D eigenvalue weighted by Crippen LogP contribution is 2.46. The molecule has 0 fully saturated rings. The van der Waals surface area contributed by atoms with Crippen molar-refractivity contribution in [1.82, 2.24) is 4.57 Å². The molecule has 1 heterocycles. The summed E-state index contributed by atoms with van der Waals surface area (Å²) in [5, 5.41) is 8.69. The first-order valence-corrected chi connectivity index (χ1v) is 8.08. The van der Waals surface area contributed by atoms with Gasteiger partial charge in [0.15, 0.2) is 0 Å². The van der Waals surface area contributed by atoms with E-state index >= 15 is 0 Å². The fourth-order valence-corrected chi connectivity index (χ4v) is 3.69. The molecule has 0 aliphatic heterocycles. The predicted molar refractivity (Wildman–Crippen MR) is 84.5 cm³/mol. The summed E-state index contributed by atoms with van der Waals surface area (Å²) in [6.45, 7) is 0. The van der Waals surface area contributed by atoms with Gasteiger partial charge in [0.25, 0.3) is 0 Å². The van der Waals surface area contributed by atoms with E-state index in [2.05, 4.69) is 15.9 Å². The second-order valence-electron chi connectivity index (χ2n) is 4.54. The summed E-state index contributed by atoms with van der Waals surface area (Å²) in [7, 11) is 0. The van der Waals surface area contributed by atoms with Crippen LogP contribution in [0.3, 0.4) is 0 Å². The molecule has 0 saturated carbocycles. The Balaban J connectivity index is 2.67. The molecule has 0 saturated heterocycles. The smallest absolute Gasteiger partial charge is 0.384 e. The molecule has 12 heteroatoms. The highest BCUT2D eigenvalue weighted by atomic mass is 79.9. The molecule has 0 aliphatic rings. The number of halogens is 8. The molecule has 25 heavy (non-hydrogen) atoms. The number of benzene rings is 1. The second-order valence-corrected chi connectivity index (χ2v) is 6.77. The Morgan fingerprint density at radius 2 is 1.80 bits per heavy atom. The van der Waals surface area contributed by atoms with Crippen LogP contribution in [0, 0.1) is 11.3 Å². The summed E-state index contributed by atoms with van der Waals surface area (Å²) in [6.07, 6.45) is -4.64. The number of nitrogens with zero attached hydrogens (tertiary/aromatic N) is 2. The molecule has 0 bridgehead atoms. The quantitative estimate of drug-likeness (QED) is 0.440. The second kappa shape index (κ2) is 6.66. The van der Waals surface area contributed by atoms with Crippen molar-refractivity contribution >= 4 is 45.1 Å². The van der Waals surface area contributed by atoms with Gasteiger partial charge >= 0.3 is 11.7 Å². The van der Waals surface area contributed by atoms with Gasteiger partial charge in [-0.2, -0.15) is 31.6 Å². The van der Waals surface area contributed by atoms with Gasteiger partial charge in [-0.15, -0.1) is 0 Å². The van der Waals surface area contributed by atoms with Crippen molar-refractivity contribution in [2.24, 2.45) is 0 Å². The molecular weight excluding hydrogens is 460 g/mol. The molecule has 0 radical (unpaired) electrons. The van der Waals surface area contributed by atoms with Crippen molar-refractivity contribution in [2.45, 2.75) is 16.6 Å². The average molecular weight is 465 g/mol. The number of alkyl halides is 6. The lowest BCUT2D eigenvalue weighted by atomic mass is 10.2. The van der Waals surface area contributed by atoms with Crippen molar-refractivity contribution in [2.75, 3.05) is 5.73 Å². The highest BCUT2D eigenvalue weighted by Gasteiger charge is 2.35. The Morgan fingerprint density at radius 3 is 2.24 bits per heavy atom. The number of nitrogen functional groups attached to an aromatic ring is 1. The third-order valence-electron chi connectivity index (χ3n) is 2.95. The highest BCUT2D eigenvalue weighted by molar-refractivity contribution is 9.10. The van der Waals surface area contributed by atoms with Gasteiger partial charge in [-0.3, -0.25) is 4.57 Å². The van der Waals surface area contributed by atoms with Gasteiger partial charge in [0.05, 0.1) is 21.2 Å². The van der Waals surface area contributed by atoms with Gasteiger partial charge in [-0.25, -0.2) is 0 Å². The van der Waals surface area contributed by atoms with Crippen LogP contribution < -0.4 is 5.73 Å². The van der Waals surface area contributed by atoms with E-state index in [-0.39, 0.29) is 10.3 Å². The Bertz CT molecular complexity index is 869. The summed E-state index contributed by atoms with van der Waals surface area (Å²) in [5.41, 5.74) is -0.568. The van der Waals surface area contributed by atoms with Crippen molar-refractivity contribution in [3.05, 3.63) is 39.0 Å². The van der Waals surface area contributed by atoms with E-state index < -0.39 is 50.3 Å². The average Bonchev–Trinajstić information content (AvgIpc) is 2.67. The molecule has 2 N–H and O–H groups in total. The van der Waals surface area contributed by atoms with Crippen molar-refractivity contribution in [1.29, 1.82) is 5.26 Å². The van der Waals surface area contributed by atoms with Crippen LogP contribution in [-0.2, 0) is 6.18 Å². The van der Waals surface area contributed by atoms with Gasteiger partial charge in [-0.1, -0.05) is 11.6 Å². The summed E-state index contributed by atoms with van der Waals surface area (Å²) in [6, 6.07) is 3.86. The van der Waals surface area contributed by atoms with Gasteiger partial charge in [-0.05, 0) is 45.9 Å². The van der Waals surface area contributed by atoms with E-state index in [9.17, 15) is 26.3 Å². The number of hydrogen-bond donors (Lipinski definition) is 1. The van der Waals surface area contributed by atoms with Gasteiger partial charge in [0.1, 0.15) is 22.1 Å². The Labute approximate surface area is 154 Å². The number of hydrogen-bond acceptors (Lipinski definition) is 3. The summed E-state index contributed by atoms with van der Waals surface area (Å²) >= 11 is 8.19. The third kappa shape index (κ3) is 4.02. The summed E-state index contributed by atoms with van der Waals surface area (Å²) in [4.78, 5) is -0.571. The lowest BCUT2D eigenvalue weighted by Gasteiger charge is -2.13. The Kier molecular flexibility index (Phi) is 5.28. The Morgan fingerprint density at radius 1 is 1.20 bits per heavy atom. The fraction of sp³-hybridized carbons (Fsp3) is 0.154.